The number of benzene rings is 3. The van der Waals surface area contributed by atoms with Gasteiger partial charge in [-0.2, -0.15) is 0 Å². The molecule has 4 aromatic rings. The number of rotatable bonds is 6. The zero-order chi connectivity index (χ0) is 20.2. The molecule has 0 aliphatic heterocycles. The first-order valence-corrected chi connectivity index (χ1v) is 9.91. The first-order valence-electron chi connectivity index (χ1n) is 8.77. The third-order valence-corrected chi connectivity index (χ3v) is 5.16. The van der Waals surface area contributed by atoms with Gasteiger partial charge in [0.05, 0.1) is 22.2 Å². The summed E-state index contributed by atoms with van der Waals surface area (Å²) in [5.74, 6) is 1.17. The van der Waals surface area contributed by atoms with Gasteiger partial charge < -0.3 is 4.74 Å². The van der Waals surface area contributed by atoms with Crippen LogP contribution in [0.4, 0.5) is 0 Å². The van der Waals surface area contributed by atoms with Gasteiger partial charge in [0.1, 0.15) is 12.4 Å². The van der Waals surface area contributed by atoms with Crippen molar-refractivity contribution in [3.05, 3.63) is 92.9 Å². The lowest BCUT2D eigenvalue weighted by Crippen LogP contribution is -2.07. The molecule has 0 saturated carbocycles. The highest BCUT2D eigenvalue weighted by molar-refractivity contribution is 6.39. The monoisotopic (exact) mass is 444 g/mol. The minimum atomic E-state index is 0.342. The molecular formula is C21H15Cl3N4O. The number of halogens is 3. The van der Waals surface area contributed by atoms with Crippen molar-refractivity contribution < 1.29 is 4.74 Å². The van der Waals surface area contributed by atoms with Gasteiger partial charge in [-0.05, 0) is 46.3 Å². The molecule has 0 atom stereocenters. The Morgan fingerprint density at radius 2 is 1.62 bits per heavy atom. The van der Waals surface area contributed by atoms with Gasteiger partial charge in [-0.15, -0.1) is 5.10 Å². The van der Waals surface area contributed by atoms with E-state index in [1.165, 1.54) is 0 Å². The fourth-order valence-electron chi connectivity index (χ4n) is 2.91. The van der Waals surface area contributed by atoms with E-state index in [0.717, 1.165) is 11.1 Å². The first kappa shape index (κ1) is 19.7. The predicted octanol–water partition coefficient (Wildman–Crippen LogP) is 5.93. The van der Waals surface area contributed by atoms with Crippen LogP contribution in [0.2, 0.25) is 15.1 Å². The quantitative estimate of drug-likeness (QED) is 0.369. The topological polar surface area (TPSA) is 52.8 Å². The fraction of sp³-hybridized carbons (Fsp3) is 0.0952. The molecule has 0 aliphatic carbocycles. The summed E-state index contributed by atoms with van der Waals surface area (Å²) in [5.41, 5.74) is 2.49. The van der Waals surface area contributed by atoms with Crippen molar-refractivity contribution in [2.45, 2.75) is 13.2 Å². The van der Waals surface area contributed by atoms with Crippen molar-refractivity contribution in [1.82, 2.24) is 20.2 Å². The molecule has 3 aromatic carbocycles. The summed E-state index contributed by atoms with van der Waals surface area (Å²) in [7, 11) is 0. The van der Waals surface area contributed by atoms with Gasteiger partial charge in [-0.1, -0.05) is 71.2 Å². The third-order valence-electron chi connectivity index (χ3n) is 4.30. The maximum atomic E-state index is 6.33. The Kier molecular flexibility index (Phi) is 6.00. The Labute approximate surface area is 182 Å². The highest BCUT2D eigenvalue weighted by Gasteiger charge is 2.17. The van der Waals surface area contributed by atoms with E-state index >= 15 is 0 Å². The van der Waals surface area contributed by atoms with E-state index in [2.05, 4.69) is 15.5 Å². The molecule has 29 heavy (non-hydrogen) atoms. The van der Waals surface area contributed by atoms with Crippen molar-refractivity contribution in [2.24, 2.45) is 0 Å². The largest absolute Gasteiger partial charge is 0.489 e. The van der Waals surface area contributed by atoms with E-state index in [-0.39, 0.29) is 0 Å². The molecule has 0 N–H and O–H groups in total. The van der Waals surface area contributed by atoms with E-state index in [1.54, 1.807) is 28.9 Å². The van der Waals surface area contributed by atoms with E-state index < -0.39 is 0 Å². The number of ether oxygens (including phenoxy) is 1. The highest BCUT2D eigenvalue weighted by Crippen LogP contribution is 2.33. The van der Waals surface area contributed by atoms with Crippen molar-refractivity contribution >= 4 is 34.8 Å². The number of tetrazole rings is 1. The van der Waals surface area contributed by atoms with Crippen LogP contribution in [-0.2, 0) is 13.2 Å². The standard InChI is InChI=1S/C21H15Cl3N4O/c22-16-9-10-19(29-13-14-5-2-1-3-6-14)15(11-16)12-28-21(25-26-27-28)20-17(23)7-4-8-18(20)24/h1-11H,12-13H2. The van der Waals surface area contributed by atoms with Crippen molar-refractivity contribution in [3.8, 4) is 17.1 Å². The molecule has 0 unspecified atom stereocenters. The Morgan fingerprint density at radius 1 is 0.862 bits per heavy atom. The van der Waals surface area contributed by atoms with Crippen LogP contribution in [0.25, 0.3) is 11.4 Å². The van der Waals surface area contributed by atoms with Gasteiger partial charge in [0.25, 0.3) is 0 Å². The van der Waals surface area contributed by atoms with Crippen LogP contribution in [0.15, 0.2) is 66.7 Å². The SMILES string of the molecule is Clc1ccc(OCc2ccccc2)c(Cn2nnnc2-c2c(Cl)cccc2Cl)c1. The summed E-state index contributed by atoms with van der Waals surface area (Å²) in [4.78, 5) is 0. The minimum absolute atomic E-state index is 0.342. The third kappa shape index (κ3) is 4.53. The molecule has 146 valence electrons. The summed E-state index contributed by atoms with van der Waals surface area (Å²) < 4.78 is 7.65. The Morgan fingerprint density at radius 3 is 2.38 bits per heavy atom. The summed E-state index contributed by atoms with van der Waals surface area (Å²) in [6, 6.07) is 20.7. The average Bonchev–Trinajstić information content (AvgIpc) is 3.16. The van der Waals surface area contributed by atoms with Gasteiger partial charge in [-0.3, -0.25) is 0 Å². The Hall–Kier alpha value is -2.60. The van der Waals surface area contributed by atoms with Crippen LogP contribution in [-0.4, -0.2) is 20.2 Å². The van der Waals surface area contributed by atoms with Gasteiger partial charge in [0.2, 0.25) is 0 Å². The van der Waals surface area contributed by atoms with Gasteiger partial charge >= 0.3 is 0 Å². The lowest BCUT2D eigenvalue weighted by Gasteiger charge is -2.13. The first-order chi connectivity index (χ1) is 14.1. The maximum absolute atomic E-state index is 6.33. The number of hydrogen-bond acceptors (Lipinski definition) is 4. The Bertz CT molecular complexity index is 1110. The van der Waals surface area contributed by atoms with Crippen LogP contribution < -0.4 is 4.74 Å². The molecule has 0 fully saturated rings. The lowest BCUT2D eigenvalue weighted by atomic mass is 10.1. The average molecular weight is 446 g/mol. The number of nitrogens with zero attached hydrogens (tertiary/aromatic N) is 4. The van der Waals surface area contributed by atoms with Crippen LogP contribution in [0, 0.1) is 0 Å². The molecule has 0 amide bonds. The summed E-state index contributed by atoms with van der Waals surface area (Å²) >= 11 is 18.9. The molecule has 0 saturated heterocycles. The molecule has 8 heteroatoms. The summed E-state index contributed by atoms with van der Waals surface area (Å²) in [6.45, 7) is 0.781. The summed E-state index contributed by atoms with van der Waals surface area (Å²) in [5, 5.41) is 13.5. The lowest BCUT2D eigenvalue weighted by molar-refractivity contribution is 0.302. The molecule has 0 bridgehead atoms. The molecule has 5 nitrogen and oxygen atoms in total. The van der Waals surface area contributed by atoms with Crippen LogP contribution in [0.1, 0.15) is 11.1 Å². The Balaban J connectivity index is 1.64. The van der Waals surface area contributed by atoms with Crippen molar-refractivity contribution in [2.75, 3.05) is 0 Å². The predicted molar refractivity (Wildman–Crippen MR) is 115 cm³/mol. The maximum Gasteiger partial charge on any atom is 0.185 e. The molecule has 1 aromatic heterocycles. The molecule has 0 spiro atoms. The minimum Gasteiger partial charge on any atom is -0.489 e. The van der Waals surface area contributed by atoms with Gasteiger partial charge in [0, 0.05) is 10.6 Å². The van der Waals surface area contributed by atoms with E-state index in [9.17, 15) is 0 Å². The van der Waals surface area contributed by atoms with Crippen LogP contribution in [0.5, 0.6) is 5.75 Å². The van der Waals surface area contributed by atoms with Crippen molar-refractivity contribution in [3.63, 3.8) is 0 Å². The van der Waals surface area contributed by atoms with Crippen LogP contribution in [0.3, 0.4) is 0 Å². The van der Waals surface area contributed by atoms with E-state index in [1.807, 2.05) is 42.5 Å². The second kappa shape index (κ2) is 8.82. The van der Waals surface area contributed by atoms with Gasteiger partial charge in [-0.25, -0.2) is 4.68 Å². The fourth-order valence-corrected chi connectivity index (χ4v) is 3.67. The highest BCUT2D eigenvalue weighted by atomic mass is 35.5. The zero-order valence-electron chi connectivity index (χ0n) is 15.1. The number of hydrogen-bond donors (Lipinski definition) is 0. The van der Waals surface area contributed by atoms with Crippen LogP contribution >= 0.6 is 34.8 Å². The second-order valence-electron chi connectivity index (χ2n) is 6.28. The smallest absolute Gasteiger partial charge is 0.185 e. The van der Waals surface area contributed by atoms with E-state index in [0.29, 0.717) is 45.4 Å². The van der Waals surface area contributed by atoms with Crippen molar-refractivity contribution in [1.29, 1.82) is 0 Å². The molecule has 4 rings (SSSR count). The van der Waals surface area contributed by atoms with E-state index in [4.69, 9.17) is 39.5 Å². The zero-order valence-corrected chi connectivity index (χ0v) is 17.4. The molecular weight excluding hydrogens is 431 g/mol. The molecule has 1 heterocycles. The molecule has 0 aliphatic rings. The summed E-state index contributed by atoms with van der Waals surface area (Å²) in [6.07, 6.45) is 0. The normalized spacial score (nSPS) is 10.9. The second-order valence-corrected chi connectivity index (χ2v) is 7.53. The van der Waals surface area contributed by atoms with Gasteiger partial charge in [0.15, 0.2) is 5.82 Å². The molecule has 0 radical (unpaired) electrons. The number of aromatic nitrogens is 4.